The molecule has 2 aromatic rings. The van der Waals surface area contributed by atoms with E-state index in [1.54, 1.807) is 12.1 Å². The van der Waals surface area contributed by atoms with Crippen LogP contribution in [0.4, 0.5) is 5.69 Å². The van der Waals surface area contributed by atoms with Gasteiger partial charge in [0.25, 0.3) is 0 Å². The molecule has 2 aromatic carbocycles. The van der Waals surface area contributed by atoms with E-state index < -0.39 is 5.91 Å². The molecule has 0 atom stereocenters. The van der Waals surface area contributed by atoms with Crippen LogP contribution in [0.15, 0.2) is 53.0 Å². The minimum Gasteiger partial charge on any atom is -0.381 e. The highest BCUT2D eigenvalue weighted by Gasteiger charge is 2.01. The topological polar surface area (TPSA) is 55.1 Å². The summed E-state index contributed by atoms with van der Waals surface area (Å²) in [5.41, 5.74) is 7.83. The van der Waals surface area contributed by atoms with Crippen molar-refractivity contribution in [3.05, 3.63) is 64.1 Å². The van der Waals surface area contributed by atoms with Gasteiger partial charge in [-0.2, -0.15) is 0 Å². The molecule has 0 aliphatic heterocycles. The SMILES string of the molecule is NC(=O)c1cccc(CNc2ccc(Br)cc2)c1. The molecule has 0 heterocycles. The molecule has 0 unspecified atom stereocenters. The van der Waals surface area contributed by atoms with E-state index in [4.69, 9.17) is 5.73 Å². The van der Waals surface area contributed by atoms with Gasteiger partial charge in [-0.3, -0.25) is 4.79 Å². The molecule has 0 bridgehead atoms. The summed E-state index contributed by atoms with van der Waals surface area (Å²) in [6.45, 7) is 0.656. The Bertz CT molecular complexity index is 552. The van der Waals surface area contributed by atoms with Crippen molar-refractivity contribution < 1.29 is 4.79 Å². The Balaban J connectivity index is 2.04. The number of benzene rings is 2. The number of anilines is 1. The predicted octanol–water partition coefficient (Wildman–Crippen LogP) is 3.16. The van der Waals surface area contributed by atoms with Crippen LogP contribution in [-0.2, 0) is 6.54 Å². The van der Waals surface area contributed by atoms with Crippen LogP contribution in [0.25, 0.3) is 0 Å². The summed E-state index contributed by atoms with van der Waals surface area (Å²) in [4.78, 5) is 11.1. The molecule has 0 aromatic heterocycles. The highest BCUT2D eigenvalue weighted by molar-refractivity contribution is 9.10. The summed E-state index contributed by atoms with van der Waals surface area (Å²) >= 11 is 3.39. The second-order valence-electron chi connectivity index (χ2n) is 3.93. The first-order chi connectivity index (χ1) is 8.65. The normalized spacial score (nSPS) is 10.1. The van der Waals surface area contributed by atoms with E-state index in [1.807, 2.05) is 36.4 Å². The fourth-order valence-corrected chi connectivity index (χ4v) is 1.87. The zero-order valence-electron chi connectivity index (χ0n) is 9.69. The summed E-state index contributed by atoms with van der Waals surface area (Å²) in [5.74, 6) is -0.402. The number of nitrogens with one attached hydrogen (secondary N) is 1. The van der Waals surface area contributed by atoms with E-state index in [0.29, 0.717) is 12.1 Å². The van der Waals surface area contributed by atoms with Gasteiger partial charge in [0.2, 0.25) is 5.91 Å². The Morgan fingerprint density at radius 3 is 2.56 bits per heavy atom. The number of carbonyl (C=O) groups is 1. The third-order valence-corrected chi connectivity index (χ3v) is 3.08. The second-order valence-corrected chi connectivity index (χ2v) is 4.84. The molecule has 0 saturated heterocycles. The van der Waals surface area contributed by atoms with Crippen LogP contribution in [0.1, 0.15) is 15.9 Å². The van der Waals surface area contributed by atoms with E-state index in [0.717, 1.165) is 15.7 Å². The standard InChI is InChI=1S/C14H13BrN2O/c15-12-4-6-13(7-5-12)17-9-10-2-1-3-11(8-10)14(16)18/h1-8,17H,9H2,(H2,16,18). The number of hydrogen-bond donors (Lipinski definition) is 2. The van der Waals surface area contributed by atoms with Crippen molar-refractivity contribution in [1.29, 1.82) is 0 Å². The fraction of sp³-hybridized carbons (Fsp3) is 0.0714. The largest absolute Gasteiger partial charge is 0.381 e. The Hall–Kier alpha value is -1.81. The van der Waals surface area contributed by atoms with Gasteiger partial charge in [-0.25, -0.2) is 0 Å². The summed E-state index contributed by atoms with van der Waals surface area (Å²) in [6, 6.07) is 15.2. The summed E-state index contributed by atoms with van der Waals surface area (Å²) in [5, 5.41) is 3.28. The first kappa shape index (κ1) is 12.6. The maximum absolute atomic E-state index is 11.1. The van der Waals surface area contributed by atoms with Crippen molar-refractivity contribution in [3.8, 4) is 0 Å². The van der Waals surface area contributed by atoms with Gasteiger partial charge in [-0.15, -0.1) is 0 Å². The van der Waals surface area contributed by atoms with Crippen LogP contribution in [0, 0.1) is 0 Å². The van der Waals surface area contributed by atoms with Crippen LogP contribution >= 0.6 is 15.9 Å². The average Bonchev–Trinajstić information content (AvgIpc) is 2.38. The van der Waals surface area contributed by atoms with Gasteiger partial charge >= 0.3 is 0 Å². The number of carbonyl (C=O) groups excluding carboxylic acids is 1. The molecular formula is C14H13BrN2O. The quantitative estimate of drug-likeness (QED) is 0.911. The number of primary amides is 1. The summed E-state index contributed by atoms with van der Waals surface area (Å²) in [6.07, 6.45) is 0. The average molecular weight is 305 g/mol. The number of hydrogen-bond acceptors (Lipinski definition) is 2. The Kier molecular flexibility index (Phi) is 3.99. The second kappa shape index (κ2) is 5.69. The molecule has 3 nitrogen and oxygen atoms in total. The van der Waals surface area contributed by atoms with Crippen molar-refractivity contribution >= 4 is 27.5 Å². The molecule has 0 radical (unpaired) electrons. The molecule has 2 rings (SSSR count). The van der Waals surface area contributed by atoms with Crippen LogP contribution in [0.3, 0.4) is 0 Å². The lowest BCUT2D eigenvalue weighted by Crippen LogP contribution is -2.11. The summed E-state index contributed by atoms with van der Waals surface area (Å²) in [7, 11) is 0. The smallest absolute Gasteiger partial charge is 0.248 e. The lowest BCUT2D eigenvalue weighted by Gasteiger charge is -2.07. The molecular weight excluding hydrogens is 292 g/mol. The van der Waals surface area contributed by atoms with Crippen LogP contribution in [-0.4, -0.2) is 5.91 Å². The third-order valence-electron chi connectivity index (χ3n) is 2.55. The number of amides is 1. The summed E-state index contributed by atoms with van der Waals surface area (Å²) < 4.78 is 1.05. The minimum atomic E-state index is -0.402. The molecule has 0 fully saturated rings. The van der Waals surface area contributed by atoms with Gasteiger partial charge in [0.05, 0.1) is 0 Å². The van der Waals surface area contributed by atoms with E-state index >= 15 is 0 Å². The van der Waals surface area contributed by atoms with Gasteiger partial charge in [-0.1, -0.05) is 28.1 Å². The molecule has 4 heteroatoms. The monoisotopic (exact) mass is 304 g/mol. The first-order valence-corrected chi connectivity index (χ1v) is 6.32. The van der Waals surface area contributed by atoms with Crippen molar-refractivity contribution in [2.75, 3.05) is 5.32 Å². The van der Waals surface area contributed by atoms with Crippen molar-refractivity contribution in [2.24, 2.45) is 5.73 Å². The van der Waals surface area contributed by atoms with E-state index in [2.05, 4.69) is 21.2 Å². The van der Waals surface area contributed by atoms with Crippen LogP contribution in [0.5, 0.6) is 0 Å². The number of nitrogens with two attached hydrogens (primary N) is 1. The molecule has 92 valence electrons. The molecule has 3 N–H and O–H groups in total. The Morgan fingerprint density at radius 1 is 1.17 bits per heavy atom. The molecule has 0 spiro atoms. The lowest BCUT2D eigenvalue weighted by atomic mass is 10.1. The molecule has 0 saturated carbocycles. The highest BCUT2D eigenvalue weighted by Crippen LogP contribution is 2.15. The third kappa shape index (κ3) is 3.34. The lowest BCUT2D eigenvalue weighted by molar-refractivity contribution is 0.1000. The van der Waals surface area contributed by atoms with E-state index in [9.17, 15) is 4.79 Å². The maximum atomic E-state index is 11.1. The Morgan fingerprint density at radius 2 is 1.89 bits per heavy atom. The van der Waals surface area contributed by atoms with Gasteiger partial charge in [0.15, 0.2) is 0 Å². The molecule has 18 heavy (non-hydrogen) atoms. The van der Waals surface area contributed by atoms with Crippen LogP contribution < -0.4 is 11.1 Å². The van der Waals surface area contributed by atoms with E-state index in [1.165, 1.54) is 0 Å². The van der Waals surface area contributed by atoms with Gasteiger partial charge < -0.3 is 11.1 Å². The maximum Gasteiger partial charge on any atom is 0.248 e. The van der Waals surface area contributed by atoms with Gasteiger partial charge in [-0.05, 0) is 42.0 Å². The molecule has 1 amide bonds. The fourth-order valence-electron chi connectivity index (χ4n) is 1.61. The minimum absolute atomic E-state index is 0.402. The van der Waals surface area contributed by atoms with Gasteiger partial charge in [0.1, 0.15) is 0 Å². The molecule has 0 aliphatic rings. The van der Waals surface area contributed by atoms with Crippen molar-refractivity contribution in [1.82, 2.24) is 0 Å². The zero-order chi connectivity index (χ0) is 13.0. The highest BCUT2D eigenvalue weighted by atomic mass is 79.9. The Labute approximate surface area is 114 Å². The van der Waals surface area contributed by atoms with E-state index in [-0.39, 0.29) is 0 Å². The van der Waals surface area contributed by atoms with Gasteiger partial charge in [0, 0.05) is 22.3 Å². The zero-order valence-corrected chi connectivity index (χ0v) is 11.3. The predicted molar refractivity (Wildman–Crippen MR) is 76.4 cm³/mol. The van der Waals surface area contributed by atoms with Crippen molar-refractivity contribution in [2.45, 2.75) is 6.54 Å². The van der Waals surface area contributed by atoms with Crippen molar-refractivity contribution in [3.63, 3.8) is 0 Å². The number of rotatable bonds is 4. The molecule has 0 aliphatic carbocycles. The van der Waals surface area contributed by atoms with Crippen LogP contribution in [0.2, 0.25) is 0 Å². The first-order valence-electron chi connectivity index (χ1n) is 5.53. The number of halogens is 1.